The molecule has 1 heterocycles. The number of benzene rings is 2. The van der Waals surface area contributed by atoms with Crippen LogP contribution in [0.5, 0.6) is 0 Å². The van der Waals surface area contributed by atoms with Crippen molar-refractivity contribution in [1.29, 1.82) is 0 Å². The van der Waals surface area contributed by atoms with E-state index < -0.39 is 29.3 Å². The summed E-state index contributed by atoms with van der Waals surface area (Å²) in [6.45, 7) is 0.398. The maximum Gasteiger partial charge on any atom is 0.417 e. The highest BCUT2D eigenvalue weighted by Crippen LogP contribution is 2.32. The predicted octanol–water partition coefficient (Wildman–Crippen LogP) is 3.24. The van der Waals surface area contributed by atoms with Crippen molar-refractivity contribution in [1.82, 2.24) is 5.32 Å². The average molecular weight is 348 g/mol. The fraction of sp³-hybridized carbons (Fsp3) is 0.222. The SMILES string of the molecule is O=C(NC1CCN(c2ccccc2)C1=O)c1ccccc1C(F)(F)F. The van der Waals surface area contributed by atoms with Crippen molar-refractivity contribution in [3.63, 3.8) is 0 Å². The molecule has 0 radical (unpaired) electrons. The quantitative estimate of drug-likeness (QED) is 0.926. The van der Waals surface area contributed by atoms with E-state index >= 15 is 0 Å². The molecule has 1 N–H and O–H groups in total. The van der Waals surface area contributed by atoms with Gasteiger partial charge in [0.2, 0.25) is 5.91 Å². The predicted molar refractivity (Wildman–Crippen MR) is 86.1 cm³/mol. The summed E-state index contributed by atoms with van der Waals surface area (Å²) in [5.41, 5.74) is -0.807. The smallest absolute Gasteiger partial charge is 0.340 e. The highest BCUT2D eigenvalue weighted by atomic mass is 19.4. The molecule has 7 heteroatoms. The van der Waals surface area contributed by atoms with E-state index in [4.69, 9.17) is 0 Å². The largest absolute Gasteiger partial charge is 0.417 e. The summed E-state index contributed by atoms with van der Waals surface area (Å²) in [6.07, 6.45) is -4.29. The molecule has 0 spiro atoms. The molecule has 2 aromatic carbocycles. The van der Waals surface area contributed by atoms with Crippen molar-refractivity contribution in [2.24, 2.45) is 0 Å². The van der Waals surface area contributed by atoms with Crippen LogP contribution in [0.4, 0.5) is 18.9 Å². The van der Waals surface area contributed by atoms with Gasteiger partial charge in [0.25, 0.3) is 5.91 Å². The van der Waals surface area contributed by atoms with E-state index in [1.807, 2.05) is 6.07 Å². The second kappa shape index (κ2) is 6.58. The molecule has 1 saturated heterocycles. The molecule has 1 aliphatic rings. The third kappa shape index (κ3) is 3.50. The molecule has 2 amide bonds. The Balaban J connectivity index is 1.76. The van der Waals surface area contributed by atoms with Crippen molar-refractivity contribution in [3.8, 4) is 0 Å². The fourth-order valence-corrected chi connectivity index (χ4v) is 2.84. The number of hydrogen-bond acceptors (Lipinski definition) is 2. The first-order chi connectivity index (χ1) is 11.9. The second-order valence-corrected chi connectivity index (χ2v) is 5.68. The lowest BCUT2D eigenvalue weighted by molar-refractivity contribution is -0.137. The standard InChI is InChI=1S/C18H15F3N2O2/c19-18(20,21)14-9-5-4-8-13(14)16(24)22-15-10-11-23(17(15)25)12-6-2-1-3-7-12/h1-9,15H,10-11H2,(H,22,24). The highest BCUT2D eigenvalue weighted by molar-refractivity contribution is 6.04. The van der Waals surface area contributed by atoms with Gasteiger partial charge in [0.1, 0.15) is 6.04 Å². The number of carbonyl (C=O) groups excluding carboxylic acids is 2. The summed E-state index contributed by atoms with van der Waals surface area (Å²) in [4.78, 5) is 26.2. The van der Waals surface area contributed by atoms with Crippen molar-refractivity contribution in [3.05, 3.63) is 65.7 Å². The normalized spacial score (nSPS) is 17.6. The minimum atomic E-state index is -4.64. The van der Waals surface area contributed by atoms with Crippen LogP contribution in [-0.4, -0.2) is 24.4 Å². The number of alkyl halides is 3. The van der Waals surface area contributed by atoms with Crippen LogP contribution in [0, 0.1) is 0 Å². The van der Waals surface area contributed by atoms with E-state index in [1.54, 1.807) is 24.3 Å². The summed E-state index contributed by atoms with van der Waals surface area (Å²) in [7, 11) is 0. The van der Waals surface area contributed by atoms with Crippen molar-refractivity contribution in [2.75, 3.05) is 11.4 Å². The van der Waals surface area contributed by atoms with Crippen LogP contribution < -0.4 is 10.2 Å². The Morgan fingerprint density at radius 2 is 1.68 bits per heavy atom. The maximum absolute atomic E-state index is 13.0. The van der Waals surface area contributed by atoms with E-state index in [0.29, 0.717) is 18.7 Å². The molecule has 1 unspecified atom stereocenters. The first-order valence-corrected chi connectivity index (χ1v) is 7.71. The van der Waals surface area contributed by atoms with Crippen molar-refractivity contribution in [2.45, 2.75) is 18.6 Å². The molecule has 3 rings (SSSR count). The molecule has 1 aliphatic heterocycles. The van der Waals surface area contributed by atoms with Crippen LogP contribution in [0.3, 0.4) is 0 Å². The van der Waals surface area contributed by atoms with Gasteiger partial charge in [-0.25, -0.2) is 0 Å². The zero-order valence-corrected chi connectivity index (χ0v) is 13.1. The molecule has 4 nitrogen and oxygen atoms in total. The van der Waals surface area contributed by atoms with Gasteiger partial charge in [-0.3, -0.25) is 9.59 Å². The molecule has 130 valence electrons. The molecule has 2 aromatic rings. The van der Waals surface area contributed by atoms with Crippen LogP contribution in [0.25, 0.3) is 0 Å². The van der Waals surface area contributed by atoms with Gasteiger partial charge in [0.15, 0.2) is 0 Å². The van der Waals surface area contributed by atoms with Gasteiger partial charge in [-0.1, -0.05) is 30.3 Å². The van der Waals surface area contributed by atoms with Crippen LogP contribution >= 0.6 is 0 Å². The first-order valence-electron chi connectivity index (χ1n) is 7.71. The summed E-state index contributed by atoms with van der Waals surface area (Å²) in [6, 6.07) is 12.6. The number of amides is 2. The number of para-hydroxylation sites is 1. The minimum Gasteiger partial charge on any atom is -0.340 e. The molecule has 0 aromatic heterocycles. The Morgan fingerprint density at radius 3 is 2.36 bits per heavy atom. The number of rotatable bonds is 3. The minimum absolute atomic E-state index is 0.330. The van der Waals surface area contributed by atoms with E-state index in [2.05, 4.69) is 5.32 Å². The third-order valence-electron chi connectivity index (χ3n) is 4.06. The van der Waals surface area contributed by atoms with Crippen LogP contribution in [0.15, 0.2) is 54.6 Å². The van der Waals surface area contributed by atoms with Crippen molar-refractivity contribution < 1.29 is 22.8 Å². The van der Waals surface area contributed by atoms with E-state index in [9.17, 15) is 22.8 Å². The number of anilines is 1. The van der Waals surface area contributed by atoms with Crippen LogP contribution in [0.1, 0.15) is 22.3 Å². The molecule has 25 heavy (non-hydrogen) atoms. The molecular weight excluding hydrogens is 333 g/mol. The number of hydrogen-bond donors (Lipinski definition) is 1. The van der Waals surface area contributed by atoms with Gasteiger partial charge in [0.05, 0.1) is 11.1 Å². The Hall–Kier alpha value is -2.83. The Bertz CT molecular complexity index is 790. The van der Waals surface area contributed by atoms with E-state index in [1.165, 1.54) is 17.0 Å². The zero-order valence-electron chi connectivity index (χ0n) is 13.1. The first kappa shape index (κ1) is 17.0. The molecule has 0 bridgehead atoms. The topological polar surface area (TPSA) is 49.4 Å². The monoisotopic (exact) mass is 348 g/mol. The lowest BCUT2D eigenvalue weighted by Crippen LogP contribution is -2.42. The number of nitrogens with one attached hydrogen (secondary N) is 1. The fourth-order valence-electron chi connectivity index (χ4n) is 2.84. The maximum atomic E-state index is 13.0. The van der Waals surface area contributed by atoms with Gasteiger partial charge in [-0.15, -0.1) is 0 Å². The molecule has 1 fully saturated rings. The Morgan fingerprint density at radius 1 is 1.04 bits per heavy atom. The Labute approximate surface area is 142 Å². The third-order valence-corrected chi connectivity index (χ3v) is 4.06. The summed E-state index contributed by atoms with van der Waals surface area (Å²) in [5, 5.41) is 2.43. The van der Waals surface area contributed by atoms with Gasteiger partial charge < -0.3 is 10.2 Å². The molecule has 1 atom stereocenters. The van der Waals surface area contributed by atoms with Gasteiger partial charge in [-0.2, -0.15) is 13.2 Å². The van der Waals surface area contributed by atoms with Gasteiger partial charge in [-0.05, 0) is 30.7 Å². The number of halogens is 3. The van der Waals surface area contributed by atoms with E-state index in [-0.39, 0.29) is 5.91 Å². The Kier molecular flexibility index (Phi) is 4.48. The second-order valence-electron chi connectivity index (χ2n) is 5.68. The van der Waals surface area contributed by atoms with Crippen molar-refractivity contribution >= 4 is 17.5 Å². The summed E-state index contributed by atoms with van der Waals surface area (Å²) >= 11 is 0. The van der Waals surface area contributed by atoms with Crippen LogP contribution in [0.2, 0.25) is 0 Å². The van der Waals surface area contributed by atoms with Gasteiger partial charge in [0, 0.05) is 12.2 Å². The molecule has 0 saturated carbocycles. The van der Waals surface area contributed by atoms with E-state index in [0.717, 1.165) is 12.1 Å². The number of carbonyl (C=O) groups is 2. The average Bonchev–Trinajstić information content (AvgIpc) is 2.95. The highest BCUT2D eigenvalue weighted by Gasteiger charge is 2.37. The number of nitrogens with zero attached hydrogens (tertiary/aromatic N) is 1. The zero-order chi connectivity index (χ0) is 18.0. The molecular formula is C18H15F3N2O2. The van der Waals surface area contributed by atoms with Crippen LogP contribution in [-0.2, 0) is 11.0 Å². The summed E-state index contributed by atoms with van der Waals surface area (Å²) < 4.78 is 39.1. The lowest BCUT2D eigenvalue weighted by atomic mass is 10.1. The molecule has 0 aliphatic carbocycles. The van der Waals surface area contributed by atoms with Gasteiger partial charge >= 0.3 is 6.18 Å². The lowest BCUT2D eigenvalue weighted by Gasteiger charge is -2.18. The summed E-state index contributed by atoms with van der Waals surface area (Å²) in [5.74, 6) is -1.23.